The molecule has 184 valence electrons. The molecule has 0 saturated carbocycles. The van der Waals surface area contributed by atoms with Gasteiger partial charge in [-0.1, -0.05) is 23.7 Å². The summed E-state index contributed by atoms with van der Waals surface area (Å²) >= 11 is 12.3. The van der Waals surface area contributed by atoms with Gasteiger partial charge >= 0.3 is 0 Å². The van der Waals surface area contributed by atoms with Crippen LogP contribution < -0.4 is 15.0 Å². The summed E-state index contributed by atoms with van der Waals surface area (Å²) in [6.45, 7) is 8.50. The van der Waals surface area contributed by atoms with E-state index in [9.17, 15) is 0 Å². The number of hydrogen-bond donors (Lipinski definition) is 1. The summed E-state index contributed by atoms with van der Waals surface area (Å²) in [5.41, 5.74) is 8.73. The van der Waals surface area contributed by atoms with Crippen LogP contribution in [-0.4, -0.2) is 21.8 Å². The summed E-state index contributed by atoms with van der Waals surface area (Å²) in [6, 6.07) is 20.2. The maximum atomic E-state index is 6.40. The van der Waals surface area contributed by atoms with Crippen LogP contribution in [0.1, 0.15) is 45.9 Å². The van der Waals surface area contributed by atoms with Gasteiger partial charge in [-0.2, -0.15) is 0 Å². The van der Waals surface area contributed by atoms with Crippen molar-refractivity contribution < 1.29 is 4.74 Å². The lowest BCUT2D eigenvalue weighted by atomic mass is 9.96. The Morgan fingerprint density at radius 3 is 2.47 bits per heavy atom. The number of ether oxygens (including phenoxy) is 1. The summed E-state index contributed by atoms with van der Waals surface area (Å²) in [5, 5.41) is 4.91. The fourth-order valence-corrected chi connectivity index (χ4v) is 5.63. The maximum Gasteiger partial charge on any atom is 0.174 e. The lowest BCUT2D eigenvalue weighted by Gasteiger charge is -2.28. The predicted octanol–water partition coefficient (Wildman–Crippen LogP) is 6.95. The van der Waals surface area contributed by atoms with Crippen LogP contribution in [0.4, 0.5) is 5.69 Å². The first kappa shape index (κ1) is 24.3. The molecule has 0 amide bonds. The Balaban J connectivity index is 1.71. The Morgan fingerprint density at radius 2 is 1.78 bits per heavy atom. The number of thiocarbonyl (C=S) groups is 1. The molecule has 5 rings (SSSR count). The lowest BCUT2D eigenvalue weighted by molar-refractivity contribution is 0.412. The van der Waals surface area contributed by atoms with Crippen LogP contribution in [0.25, 0.3) is 5.69 Å². The van der Waals surface area contributed by atoms with Crippen LogP contribution in [0.5, 0.6) is 5.75 Å². The lowest BCUT2D eigenvalue weighted by Crippen LogP contribution is -2.29. The zero-order valence-corrected chi connectivity index (χ0v) is 22.6. The molecule has 0 unspecified atom stereocenters. The van der Waals surface area contributed by atoms with E-state index in [2.05, 4.69) is 72.8 Å². The number of benzene rings is 2. The van der Waals surface area contributed by atoms with Crippen molar-refractivity contribution >= 4 is 34.6 Å². The molecule has 2 atom stereocenters. The number of anilines is 1. The van der Waals surface area contributed by atoms with Crippen molar-refractivity contribution in [2.75, 3.05) is 12.0 Å². The Morgan fingerprint density at radius 1 is 0.972 bits per heavy atom. The minimum Gasteiger partial charge on any atom is -0.495 e. The van der Waals surface area contributed by atoms with E-state index in [1.165, 1.54) is 11.1 Å². The number of hydrogen-bond acceptors (Lipinski definition) is 3. The quantitative estimate of drug-likeness (QED) is 0.291. The Hall–Kier alpha value is -3.35. The first-order chi connectivity index (χ1) is 17.3. The minimum atomic E-state index is -0.115. The number of nitrogens with one attached hydrogen (secondary N) is 1. The number of methoxy groups -OCH3 is 1. The highest BCUT2D eigenvalue weighted by atomic mass is 35.5. The molecule has 7 heteroatoms. The van der Waals surface area contributed by atoms with Gasteiger partial charge in [0.05, 0.1) is 30.6 Å². The van der Waals surface area contributed by atoms with E-state index >= 15 is 0 Å². The van der Waals surface area contributed by atoms with E-state index < -0.39 is 0 Å². The van der Waals surface area contributed by atoms with E-state index in [-0.39, 0.29) is 12.1 Å². The number of nitrogens with zero attached hydrogens (tertiary/aromatic N) is 3. The van der Waals surface area contributed by atoms with Crippen LogP contribution in [-0.2, 0) is 0 Å². The molecular weight excluding hydrogens is 488 g/mol. The number of halogens is 1. The molecular formula is C29H29ClN4OS. The van der Waals surface area contributed by atoms with Crippen molar-refractivity contribution in [3.8, 4) is 11.4 Å². The molecule has 1 aliphatic rings. The zero-order chi connectivity index (χ0) is 25.6. The molecule has 0 radical (unpaired) electrons. The van der Waals surface area contributed by atoms with Gasteiger partial charge in [0.2, 0.25) is 0 Å². The second kappa shape index (κ2) is 9.60. The molecule has 0 spiro atoms. The summed E-state index contributed by atoms with van der Waals surface area (Å²) in [7, 11) is 1.68. The highest BCUT2D eigenvalue weighted by molar-refractivity contribution is 7.80. The van der Waals surface area contributed by atoms with Gasteiger partial charge in [0.25, 0.3) is 0 Å². The maximum absolute atomic E-state index is 6.40. The zero-order valence-electron chi connectivity index (χ0n) is 21.0. The van der Waals surface area contributed by atoms with Gasteiger partial charge in [0.1, 0.15) is 5.75 Å². The van der Waals surface area contributed by atoms with Crippen LogP contribution in [0, 0.1) is 27.7 Å². The smallest absolute Gasteiger partial charge is 0.174 e. The SMILES string of the molecule is COc1ccc(Cl)cc1-n1c(C)cc([C@H]2[C@H](c3ccccn3)NC(=S)N2c2ccc(C)c(C)c2)c1C. The topological polar surface area (TPSA) is 42.3 Å². The van der Waals surface area contributed by atoms with Crippen molar-refractivity contribution in [1.29, 1.82) is 0 Å². The van der Waals surface area contributed by atoms with Crippen molar-refractivity contribution in [2.24, 2.45) is 0 Å². The third-order valence-electron chi connectivity index (χ3n) is 7.04. The van der Waals surface area contributed by atoms with Gasteiger partial charge < -0.3 is 19.5 Å². The minimum absolute atomic E-state index is 0.0976. The molecule has 1 N–H and O–H groups in total. The average Bonchev–Trinajstić information content (AvgIpc) is 3.36. The predicted molar refractivity (Wildman–Crippen MR) is 151 cm³/mol. The molecule has 3 heterocycles. The van der Waals surface area contributed by atoms with Crippen molar-refractivity contribution in [2.45, 2.75) is 39.8 Å². The first-order valence-corrected chi connectivity index (χ1v) is 12.7. The highest BCUT2D eigenvalue weighted by Crippen LogP contribution is 2.44. The van der Waals surface area contributed by atoms with Crippen LogP contribution >= 0.6 is 23.8 Å². The van der Waals surface area contributed by atoms with Crippen LogP contribution in [0.15, 0.2) is 66.9 Å². The molecule has 2 aromatic carbocycles. The Labute approximate surface area is 222 Å². The number of aromatic nitrogens is 2. The summed E-state index contributed by atoms with van der Waals surface area (Å²) in [5.74, 6) is 0.764. The van der Waals surface area contributed by atoms with E-state index in [0.29, 0.717) is 10.1 Å². The molecule has 2 aromatic heterocycles. The molecule has 36 heavy (non-hydrogen) atoms. The largest absolute Gasteiger partial charge is 0.495 e. The average molecular weight is 517 g/mol. The fraction of sp³-hybridized carbons (Fsp3) is 0.241. The third kappa shape index (κ3) is 4.14. The summed E-state index contributed by atoms with van der Waals surface area (Å²) < 4.78 is 7.89. The van der Waals surface area contributed by atoms with E-state index in [1.807, 2.05) is 36.5 Å². The van der Waals surface area contributed by atoms with Gasteiger partial charge in [0, 0.05) is 28.3 Å². The molecule has 1 aliphatic heterocycles. The van der Waals surface area contributed by atoms with E-state index in [4.69, 9.17) is 33.5 Å². The number of pyridine rings is 1. The monoisotopic (exact) mass is 516 g/mol. The second-order valence-corrected chi connectivity index (χ2v) is 10.1. The van der Waals surface area contributed by atoms with Gasteiger partial charge in [-0.3, -0.25) is 4.98 Å². The molecule has 0 aliphatic carbocycles. The van der Waals surface area contributed by atoms with Gasteiger partial charge in [-0.05, 0) is 105 Å². The molecule has 0 bridgehead atoms. The molecule has 5 nitrogen and oxygen atoms in total. The molecule has 1 saturated heterocycles. The standard InChI is InChI=1S/C29H29ClN4OS/c1-17-9-11-22(14-18(17)2)34-28(27(32-29(34)36)24-8-6-7-13-31-24)23-15-19(3)33(20(23)4)25-16-21(30)10-12-26(25)35-5/h6-16,27-28H,1-5H3,(H,32,36)/t27-,28-/m0/s1. The third-order valence-corrected chi connectivity index (χ3v) is 7.59. The first-order valence-electron chi connectivity index (χ1n) is 11.9. The van der Waals surface area contributed by atoms with Crippen LogP contribution in [0.3, 0.4) is 0 Å². The Kier molecular flexibility index (Phi) is 6.49. The van der Waals surface area contributed by atoms with Crippen molar-refractivity contribution in [3.63, 3.8) is 0 Å². The number of rotatable bonds is 5. The van der Waals surface area contributed by atoms with E-state index in [1.54, 1.807) is 7.11 Å². The van der Waals surface area contributed by atoms with Crippen molar-refractivity contribution in [3.05, 3.63) is 106 Å². The fourth-order valence-electron chi connectivity index (χ4n) is 5.12. The molecule has 1 fully saturated rings. The summed E-state index contributed by atoms with van der Waals surface area (Å²) in [4.78, 5) is 6.92. The second-order valence-electron chi connectivity index (χ2n) is 9.24. The summed E-state index contributed by atoms with van der Waals surface area (Å²) in [6.07, 6.45) is 1.83. The van der Waals surface area contributed by atoms with E-state index in [0.717, 1.165) is 39.8 Å². The molecule has 4 aromatic rings. The normalized spacial score (nSPS) is 17.4. The highest BCUT2D eigenvalue weighted by Gasteiger charge is 2.42. The van der Waals surface area contributed by atoms with Gasteiger partial charge in [-0.15, -0.1) is 0 Å². The van der Waals surface area contributed by atoms with Gasteiger partial charge in [-0.25, -0.2) is 0 Å². The Bertz CT molecular complexity index is 1450. The van der Waals surface area contributed by atoms with Gasteiger partial charge in [0.15, 0.2) is 5.11 Å². The van der Waals surface area contributed by atoms with Crippen molar-refractivity contribution in [1.82, 2.24) is 14.9 Å². The van der Waals surface area contributed by atoms with Crippen LogP contribution in [0.2, 0.25) is 5.02 Å². The number of aryl methyl sites for hydroxylation is 3.